The average Bonchev–Trinajstić information content (AvgIpc) is 2.94. The highest BCUT2D eigenvalue weighted by molar-refractivity contribution is 5.84. The van der Waals surface area contributed by atoms with Gasteiger partial charge in [-0.3, -0.25) is 4.90 Å². The number of hydrogen-bond donors (Lipinski definition) is 0. The third-order valence-corrected chi connectivity index (χ3v) is 5.23. The molecule has 0 amide bonds. The minimum Gasteiger partial charge on any atom is -0.343 e. The van der Waals surface area contributed by atoms with Crippen molar-refractivity contribution in [3.63, 3.8) is 0 Å². The maximum atomic E-state index is 13.2. The highest BCUT2D eigenvalue weighted by Crippen LogP contribution is 2.26. The minimum absolute atomic E-state index is 0.178. The van der Waals surface area contributed by atoms with Gasteiger partial charge in [-0.15, -0.1) is 0 Å². The summed E-state index contributed by atoms with van der Waals surface area (Å²) in [6, 6.07) is 13.5. The predicted molar refractivity (Wildman–Crippen MR) is 101 cm³/mol. The molecule has 1 aromatic heterocycles. The number of likely N-dealkylation sites (tertiary alicyclic amines) is 1. The first-order chi connectivity index (χ1) is 12.2. The molecular formula is C22H25FN2. The second kappa shape index (κ2) is 7.01. The first-order valence-electron chi connectivity index (χ1n) is 9.24. The van der Waals surface area contributed by atoms with Crippen LogP contribution < -0.4 is 0 Å². The van der Waals surface area contributed by atoms with Crippen LogP contribution in [0.5, 0.6) is 0 Å². The summed E-state index contributed by atoms with van der Waals surface area (Å²) in [5, 5.41) is 1.35. The monoisotopic (exact) mass is 336 g/mol. The van der Waals surface area contributed by atoms with Gasteiger partial charge in [-0.05, 0) is 68.2 Å². The Bertz CT molecular complexity index is 858. The minimum atomic E-state index is -0.178. The summed E-state index contributed by atoms with van der Waals surface area (Å²) in [7, 11) is 0. The maximum Gasteiger partial charge on any atom is 0.123 e. The van der Waals surface area contributed by atoms with E-state index in [1.165, 1.54) is 54.4 Å². The number of halogens is 1. The van der Waals surface area contributed by atoms with Crippen LogP contribution in [0.4, 0.5) is 4.39 Å². The topological polar surface area (TPSA) is 8.17 Å². The molecule has 4 rings (SSSR count). The Morgan fingerprint density at radius 2 is 1.68 bits per heavy atom. The number of nitrogens with zero attached hydrogens (tertiary/aromatic N) is 2. The molecule has 2 aromatic carbocycles. The summed E-state index contributed by atoms with van der Waals surface area (Å²) >= 11 is 0. The van der Waals surface area contributed by atoms with Crippen LogP contribution in [0.25, 0.3) is 10.9 Å². The van der Waals surface area contributed by atoms with Crippen molar-refractivity contribution < 1.29 is 4.39 Å². The second-order valence-corrected chi connectivity index (χ2v) is 7.27. The van der Waals surface area contributed by atoms with Crippen LogP contribution in [0.1, 0.15) is 36.0 Å². The molecular weight excluding hydrogens is 311 g/mol. The van der Waals surface area contributed by atoms with Crippen LogP contribution >= 0.6 is 0 Å². The van der Waals surface area contributed by atoms with E-state index in [4.69, 9.17) is 0 Å². The number of piperidine rings is 1. The smallest absolute Gasteiger partial charge is 0.123 e. The van der Waals surface area contributed by atoms with Gasteiger partial charge in [0.25, 0.3) is 0 Å². The molecule has 0 saturated carbocycles. The number of rotatable bonds is 4. The Balaban J connectivity index is 1.67. The zero-order chi connectivity index (χ0) is 17.2. The van der Waals surface area contributed by atoms with E-state index in [0.717, 1.165) is 18.7 Å². The van der Waals surface area contributed by atoms with E-state index in [2.05, 4.69) is 40.8 Å². The van der Waals surface area contributed by atoms with Gasteiger partial charge in [-0.25, -0.2) is 4.39 Å². The van der Waals surface area contributed by atoms with E-state index >= 15 is 0 Å². The lowest BCUT2D eigenvalue weighted by molar-refractivity contribution is 0.221. The summed E-state index contributed by atoms with van der Waals surface area (Å²) in [5.41, 5.74) is 5.10. The Labute approximate surface area is 148 Å². The van der Waals surface area contributed by atoms with Crippen molar-refractivity contribution in [1.82, 2.24) is 9.47 Å². The lowest BCUT2D eigenvalue weighted by atomic mass is 10.1. The molecule has 1 fully saturated rings. The van der Waals surface area contributed by atoms with Crippen molar-refractivity contribution in [2.45, 2.75) is 39.3 Å². The Hall–Kier alpha value is -2.13. The van der Waals surface area contributed by atoms with Crippen LogP contribution in [0.15, 0.2) is 48.7 Å². The molecule has 130 valence electrons. The number of benzene rings is 2. The quantitative estimate of drug-likeness (QED) is 0.642. The fourth-order valence-electron chi connectivity index (χ4n) is 3.89. The van der Waals surface area contributed by atoms with Gasteiger partial charge in [0.2, 0.25) is 0 Å². The van der Waals surface area contributed by atoms with Crippen molar-refractivity contribution in [3.8, 4) is 0 Å². The molecule has 0 bridgehead atoms. The molecule has 2 heterocycles. The average molecular weight is 336 g/mol. The molecule has 1 aliphatic rings. The van der Waals surface area contributed by atoms with E-state index < -0.39 is 0 Å². The first-order valence-corrected chi connectivity index (χ1v) is 9.24. The van der Waals surface area contributed by atoms with Crippen molar-refractivity contribution in [2.24, 2.45) is 0 Å². The van der Waals surface area contributed by atoms with Gasteiger partial charge in [-0.2, -0.15) is 0 Å². The van der Waals surface area contributed by atoms with E-state index in [9.17, 15) is 4.39 Å². The standard InChI is InChI=1S/C22H25FN2/c1-17-5-10-22-21(13-17)19(15-24-11-3-2-4-12-24)16-25(22)14-18-6-8-20(23)9-7-18/h5-10,13,16H,2-4,11-12,14-15H2,1H3. The van der Waals surface area contributed by atoms with E-state index in [1.54, 1.807) is 12.1 Å². The fourth-order valence-corrected chi connectivity index (χ4v) is 3.89. The molecule has 25 heavy (non-hydrogen) atoms. The lowest BCUT2D eigenvalue weighted by Crippen LogP contribution is -2.28. The fraction of sp³-hybridized carbons (Fsp3) is 0.364. The summed E-state index contributed by atoms with van der Waals surface area (Å²) < 4.78 is 15.5. The lowest BCUT2D eigenvalue weighted by Gasteiger charge is -2.26. The Morgan fingerprint density at radius 1 is 0.920 bits per heavy atom. The molecule has 0 N–H and O–H groups in total. The Morgan fingerprint density at radius 3 is 2.44 bits per heavy atom. The van der Waals surface area contributed by atoms with Crippen molar-refractivity contribution in [2.75, 3.05) is 13.1 Å². The first kappa shape index (κ1) is 16.3. The molecule has 3 aromatic rings. The van der Waals surface area contributed by atoms with Crippen LogP contribution in [0.2, 0.25) is 0 Å². The molecule has 0 spiro atoms. The van der Waals surface area contributed by atoms with Gasteiger partial charge < -0.3 is 4.57 Å². The summed E-state index contributed by atoms with van der Waals surface area (Å²) in [6.07, 6.45) is 6.28. The second-order valence-electron chi connectivity index (χ2n) is 7.27. The van der Waals surface area contributed by atoms with E-state index in [-0.39, 0.29) is 5.82 Å². The van der Waals surface area contributed by atoms with Gasteiger partial charge in [0.1, 0.15) is 5.82 Å². The highest BCUT2D eigenvalue weighted by atomic mass is 19.1. The van der Waals surface area contributed by atoms with Crippen LogP contribution in [0.3, 0.4) is 0 Å². The molecule has 0 aliphatic carbocycles. The zero-order valence-electron chi connectivity index (χ0n) is 14.8. The molecule has 0 unspecified atom stereocenters. The Kier molecular flexibility index (Phi) is 4.58. The molecule has 3 heteroatoms. The van der Waals surface area contributed by atoms with Gasteiger partial charge in [-0.1, -0.05) is 30.2 Å². The van der Waals surface area contributed by atoms with Crippen molar-refractivity contribution >= 4 is 10.9 Å². The number of hydrogen-bond acceptors (Lipinski definition) is 1. The van der Waals surface area contributed by atoms with Crippen LogP contribution in [-0.4, -0.2) is 22.6 Å². The van der Waals surface area contributed by atoms with Gasteiger partial charge >= 0.3 is 0 Å². The molecule has 1 aliphatic heterocycles. The molecule has 2 nitrogen and oxygen atoms in total. The number of aryl methyl sites for hydroxylation is 1. The summed E-state index contributed by atoms with van der Waals surface area (Å²) in [5.74, 6) is -0.178. The number of fused-ring (bicyclic) bond motifs is 1. The largest absolute Gasteiger partial charge is 0.343 e. The number of aromatic nitrogens is 1. The third-order valence-electron chi connectivity index (χ3n) is 5.23. The van der Waals surface area contributed by atoms with Gasteiger partial charge in [0.15, 0.2) is 0 Å². The molecule has 1 saturated heterocycles. The maximum absolute atomic E-state index is 13.2. The van der Waals surface area contributed by atoms with Crippen molar-refractivity contribution in [1.29, 1.82) is 0 Å². The predicted octanol–water partition coefficient (Wildman–Crippen LogP) is 5.12. The zero-order valence-corrected chi connectivity index (χ0v) is 14.8. The van der Waals surface area contributed by atoms with E-state index in [1.807, 2.05) is 12.1 Å². The third kappa shape index (κ3) is 3.62. The summed E-state index contributed by atoms with van der Waals surface area (Å²) in [4.78, 5) is 2.57. The van der Waals surface area contributed by atoms with E-state index in [0.29, 0.717) is 0 Å². The molecule has 0 radical (unpaired) electrons. The van der Waals surface area contributed by atoms with Crippen LogP contribution in [-0.2, 0) is 13.1 Å². The van der Waals surface area contributed by atoms with Gasteiger partial charge in [0.05, 0.1) is 0 Å². The normalized spacial score (nSPS) is 15.8. The van der Waals surface area contributed by atoms with Crippen LogP contribution in [0, 0.1) is 12.7 Å². The molecule has 0 atom stereocenters. The van der Waals surface area contributed by atoms with Crippen molar-refractivity contribution in [3.05, 3.63) is 71.2 Å². The van der Waals surface area contributed by atoms with Gasteiger partial charge in [0, 0.05) is 30.2 Å². The highest BCUT2D eigenvalue weighted by Gasteiger charge is 2.15. The summed E-state index contributed by atoms with van der Waals surface area (Å²) in [6.45, 7) is 6.37. The SMILES string of the molecule is Cc1ccc2c(c1)c(CN1CCCCC1)cn2Cc1ccc(F)cc1.